The predicted octanol–water partition coefficient (Wildman–Crippen LogP) is 2.84. The number of hydrogen-bond donors (Lipinski definition) is 1. The summed E-state index contributed by atoms with van der Waals surface area (Å²) in [7, 11) is 0. The molecule has 1 aromatic heterocycles. The number of piperidine rings is 1. The summed E-state index contributed by atoms with van der Waals surface area (Å²) in [5.41, 5.74) is 2.05. The summed E-state index contributed by atoms with van der Waals surface area (Å²) in [5.74, 6) is 0.636. The van der Waals surface area contributed by atoms with Crippen LogP contribution in [-0.2, 0) is 6.42 Å². The number of thiazole rings is 1. The number of rotatable bonds is 3. The summed E-state index contributed by atoms with van der Waals surface area (Å²) < 4.78 is 0. The first-order valence-electron chi connectivity index (χ1n) is 7.66. The second-order valence-electron chi connectivity index (χ2n) is 5.89. The molecule has 22 heavy (non-hydrogen) atoms. The molecule has 2 heterocycles. The molecule has 1 aliphatic rings. The van der Waals surface area contributed by atoms with Crippen LogP contribution in [0.15, 0.2) is 35.1 Å². The monoisotopic (exact) mass is 316 g/mol. The van der Waals surface area contributed by atoms with Crippen molar-refractivity contribution in [2.75, 3.05) is 13.1 Å². The van der Waals surface area contributed by atoms with Crippen LogP contribution >= 0.6 is 11.3 Å². The zero-order chi connectivity index (χ0) is 15.5. The van der Waals surface area contributed by atoms with Gasteiger partial charge in [-0.1, -0.05) is 41.7 Å². The number of nitrogens with one attached hydrogen (secondary N) is 1. The Labute approximate surface area is 133 Å². The van der Waals surface area contributed by atoms with E-state index < -0.39 is 0 Å². The van der Waals surface area contributed by atoms with Gasteiger partial charge in [-0.05, 0) is 37.7 Å². The number of carbonyl (C=O) groups excluding carboxylic acids is 1. The lowest BCUT2D eigenvalue weighted by Gasteiger charge is -2.32. The maximum Gasteiger partial charge on any atom is 0.305 e. The molecular formula is C17H20N2O2S. The maximum atomic E-state index is 12.5. The lowest BCUT2D eigenvalue weighted by Crippen LogP contribution is -2.38. The fraction of sp³-hybridized carbons (Fsp3) is 0.412. The normalized spacial score (nSPS) is 16.0. The summed E-state index contributed by atoms with van der Waals surface area (Å²) in [5, 5.41) is 0. The number of likely N-dealkylation sites (tertiary alicyclic amines) is 1. The van der Waals surface area contributed by atoms with Gasteiger partial charge in [0, 0.05) is 18.8 Å². The summed E-state index contributed by atoms with van der Waals surface area (Å²) in [6.45, 7) is 3.34. The van der Waals surface area contributed by atoms with Gasteiger partial charge in [0.05, 0.1) is 0 Å². The second-order valence-corrected chi connectivity index (χ2v) is 6.88. The van der Waals surface area contributed by atoms with E-state index in [-0.39, 0.29) is 10.8 Å². The molecule has 2 aromatic rings. The third-order valence-corrected chi connectivity index (χ3v) is 5.26. The zero-order valence-corrected chi connectivity index (χ0v) is 13.5. The Balaban J connectivity index is 1.58. The molecule has 1 N–H and O–H groups in total. The van der Waals surface area contributed by atoms with E-state index in [9.17, 15) is 9.59 Å². The zero-order valence-electron chi connectivity index (χ0n) is 12.7. The van der Waals surface area contributed by atoms with Gasteiger partial charge in [0.2, 0.25) is 0 Å². The van der Waals surface area contributed by atoms with E-state index in [4.69, 9.17) is 0 Å². The molecule has 1 saturated heterocycles. The number of benzene rings is 1. The van der Waals surface area contributed by atoms with E-state index >= 15 is 0 Å². The Bertz CT molecular complexity index is 697. The lowest BCUT2D eigenvalue weighted by molar-refractivity contribution is 0.0694. The summed E-state index contributed by atoms with van der Waals surface area (Å²) in [4.78, 5) is 28.8. The molecule has 0 bridgehead atoms. The molecule has 0 radical (unpaired) electrons. The van der Waals surface area contributed by atoms with Gasteiger partial charge in [-0.15, -0.1) is 0 Å². The van der Waals surface area contributed by atoms with Crippen LogP contribution in [0.1, 0.15) is 33.8 Å². The second kappa shape index (κ2) is 6.48. The highest BCUT2D eigenvalue weighted by atomic mass is 32.1. The first kappa shape index (κ1) is 15.0. The van der Waals surface area contributed by atoms with Crippen LogP contribution in [-0.4, -0.2) is 28.9 Å². The van der Waals surface area contributed by atoms with Crippen molar-refractivity contribution in [1.82, 2.24) is 9.88 Å². The van der Waals surface area contributed by atoms with E-state index in [0.29, 0.717) is 16.5 Å². The molecule has 0 saturated carbocycles. The van der Waals surface area contributed by atoms with Gasteiger partial charge in [-0.2, -0.15) is 0 Å². The minimum Gasteiger partial charge on any atom is -0.338 e. The van der Waals surface area contributed by atoms with Gasteiger partial charge < -0.3 is 9.88 Å². The number of H-pyrrole nitrogens is 1. The van der Waals surface area contributed by atoms with Crippen LogP contribution in [0.4, 0.5) is 0 Å². The highest BCUT2D eigenvalue weighted by Gasteiger charge is 2.25. The standard InChI is InChI=1S/C17H20N2O2S/c1-12-15(22-17(21)18-12)16(20)19-9-7-14(8-10-19)11-13-5-3-2-4-6-13/h2-6,14H,7-11H2,1H3,(H,18,21). The van der Waals surface area contributed by atoms with Crippen molar-refractivity contribution in [2.45, 2.75) is 26.2 Å². The number of carbonyl (C=O) groups is 1. The van der Waals surface area contributed by atoms with Crippen molar-refractivity contribution in [3.8, 4) is 0 Å². The van der Waals surface area contributed by atoms with Gasteiger partial charge in [-0.25, -0.2) is 0 Å². The number of nitrogens with zero attached hydrogens (tertiary/aromatic N) is 1. The molecule has 116 valence electrons. The number of hydrogen-bond acceptors (Lipinski definition) is 3. The average Bonchev–Trinajstić information content (AvgIpc) is 2.87. The molecular weight excluding hydrogens is 296 g/mol. The van der Waals surface area contributed by atoms with Gasteiger partial charge in [-0.3, -0.25) is 9.59 Å². The topological polar surface area (TPSA) is 53.2 Å². The largest absolute Gasteiger partial charge is 0.338 e. The SMILES string of the molecule is Cc1[nH]c(=O)sc1C(=O)N1CCC(Cc2ccccc2)CC1. The molecule has 3 rings (SSSR count). The third-order valence-electron chi connectivity index (χ3n) is 4.29. The van der Waals surface area contributed by atoms with Crippen molar-refractivity contribution < 1.29 is 4.79 Å². The summed E-state index contributed by atoms with van der Waals surface area (Å²) in [6, 6.07) is 10.5. The highest BCUT2D eigenvalue weighted by molar-refractivity contribution is 7.11. The van der Waals surface area contributed by atoms with Gasteiger partial charge in [0.1, 0.15) is 4.88 Å². The molecule has 0 atom stereocenters. The van der Waals surface area contributed by atoms with Gasteiger partial charge in [0.15, 0.2) is 0 Å². The minimum atomic E-state index is -0.153. The number of aromatic amines is 1. The van der Waals surface area contributed by atoms with Crippen molar-refractivity contribution in [1.29, 1.82) is 0 Å². The van der Waals surface area contributed by atoms with Crippen molar-refractivity contribution in [3.63, 3.8) is 0 Å². The molecule has 1 amide bonds. The third kappa shape index (κ3) is 3.30. The van der Waals surface area contributed by atoms with Crippen molar-refractivity contribution >= 4 is 17.2 Å². The van der Waals surface area contributed by atoms with Crippen LogP contribution < -0.4 is 4.87 Å². The molecule has 5 heteroatoms. The van der Waals surface area contributed by atoms with Crippen LogP contribution in [0.2, 0.25) is 0 Å². The average molecular weight is 316 g/mol. The van der Waals surface area contributed by atoms with E-state index in [2.05, 4.69) is 29.2 Å². The first-order chi connectivity index (χ1) is 10.6. The molecule has 1 aromatic carbocycles. The quantitative estimate of drug-likeness (QED) is 0.946. The molecule has 0 aliphatic carbocycles. The smallest absolute Gasteiger partial charge is 0.305 e. The number of amides is 1. The van der Waals surface area contributed by atoms with Crippen molar-refractivity contribution in [3.05, 3.63) is 56.1 Å². The maximum absolute atomic E-state index is 12.5. The number of aryl methyl sites for hydroxylation is 1. The van der Waals surface area contributed by atoms with Crippen LogP contribution in [0.25, 0.3) is 0 Å². The Hall–Kier alpha value is -1.88. The Kier molecular flexibility index (Phi) is 4.43. The van der Waals surface area contributed by atoms with Crippen LogP contribution in [0.5, 0.6) is 0 Å². The summed E-state index contributed by atoms with van der Waals surface area (Å²) >= 11 is 1.02. The predicted molar refractivity (Wildman–Crippen MR) is 88.5 cm³/mol. The molecule has 1 aliphatic heterocycles. The molecule has 4 nitrogen and oxygen atoms in total. The van der Waals surface area contributed by atoms with Crippen LogP contribution in [0.3, 0.4) is 0 Å². The Morgan fingerprint density at radius 3 is 2.55 bits per heavy atom. The highest BCUT2D eigenvalue weighted by Crippen LogP contribution is 2.23. The molecule has 0 spiro atoms. The molecule has 1 fully saturated rings. The van der Waals surface area contributed by atoms with Crippen molar-refractivity contribution in [2.24, 2.45) is 5.92 Å². The summed E-state index contributed by atoms with van der Waals surface area (Å²) in [6.07, 6.45) is 3.14. The fourth-order valence-corrected chi connectivity index (χ4v) is 3.85. The van der Waals surface area contributed by atoms with Gasteiger partial charge >= 0.3 is 4.87 Å². The molecule has 0 unspecified atom stereocenters. The van der Waals surface area contributed by atoms with E-state index in [1.165, 1.54) is 5.56 Å². The number of aromatic nitrogens is 1. The first-order valence-corrected chi connectivity index (χ1v) is 8.48. The van der Waals surface area contributed by atoms with E-state index in [1.54, 1.807) is 6.92 Å². The van der Waals surface area contributed by atoms with E-state index in [1.807, 2.05) is 11.0 Å². The van der Waals surface area contributed by atoms with Crippen LogP contribution in [0, 0.1) is 12.8 Å². The minimum absolute atomic E-state index is 0.000916. The fourth-order valence-electron chi connectivity index (χ4n) is 3.04. The Morgan fingerprint density at radius 2 is 1.95 bits per heavy atom. The van der Waals surface area contributed by atoms with Gasteiger partial charge in [0.25, 0.3) is 5.91 Å². The lowest BCUT2D eigenvalue weighted by atomic mass is 9.90. The van der Waals surface area contributed by atoms with E-state index in [0.717, 1.165) is 43.7 Å². The Morgan fingerprint density at radius 1 is 1.27 bits per heavy atom.